The number of unbranched alkanes of at least 4 members (excludes halogenated alkanes) is 8. The monoisotopic (exact) mass is 329 g/mol. The highest BCUT2D eigenvalue weighted by Gasteiger charge is 2.16. The zero-order valence-corrected chi connectivity index (χ0v) is 15.2. The predicted octanol–water partition coefficient (Wildman–Crippen LogP) is 4.20. The van der Waals surface area contributed by atoms with Crippen LogP contribution in [0.3, 0.4) is 0 Å². The Bertz CT molecular complexity index is 318. The van der Waals surface area contributed by atoms with Crippen molar-refractivity contribution < 1.29 is 19.4 Å². The van der Waals surface area contributed by atoms with Crippen LogP contribution in [0.1, 0.15) is 84.0 Å². The van der Waals surface area contributed by atoms with Gasteiger partial charge in [-0.25, -0.2) is 0 Å². The van der Waals surface area contributed by atoms with Crippen molar-refractivity contribution in [1.29, 1.82) is 0 Å². The Labute approximate surface area is 141 Å². The lowest BCUT2D eigenvalue weighted by atomic mass is 10.1. The van der Waals surface area contributed by atoms with E-state index in [-0.39, 0.29) is 19.1 Å². The molecule has 23 heavy (non-hydrogen) atoms. The van der Waals surface area contributed by atoms with Crippen molar-refractivity contribution in [2.45, 2.75) is 90.2 Å². The molecule has 0 aromatic carbocycles. The molecule has 0 saturated heterocycles. The SMILES string of the molecule is CCCCCCCCCCCC(OC(=O)CCC(=O)O)N(C)C. The quantitative estimate of drug-likeness (QED) is 0.277. The molecule has 0 heterocycles. The number of esters is 1. The molecule has 0 aliphatic carbocycles. The maximum atomic E-state index is 11.6. The van der Waals surface area contributed by atoms with E-state index in [9.17, 15) is 9.59 Å². The summed E-state index contributed by atoms with van der Waals surface area (Å²) >= 11 is 0. The van der Waals surface area contributed by atoms with Crippen molar-refractivity contribution in [3.63, 3.8) is 0 Å². The van der Waals surface area contributed by atoms with Crippen LogP contribution in [0.15, 0.2) is 0 Å². The first-order valence-corrected chi connectivity index (χ1v) is 9.05. The second-order valence-electron chi connectivity index (χ2n) is 6.42. The molecule has 0 aliphatic rings. The van der Waals surface area contributed by atoms with Gasteiger partial charge in [0.15, 0.2) is 6.23 Å². The molecule has 0 aliphatic heterocycles. The molecule has 0 rings (SSSR count). The summed E-state index contributed by atoms with van der Waals surface area (Å²) in [6.07, 6.45) is 11.7. The van der Waals surface area contributed by atoms with Crippen LogP contribution in [0.5, 0.6) is 0 Å². The van der Waals surface area contributed by atoms with E-state index in [0.29, 0.717) is 0 Å². The fraction of sp³-hybridized carbons (Fsp3) is 0.889. The molecule has 0 bridgehead atoms. The summed E-state index contributed by atoms with van der Waals surface area (Å²) < 4.78 is 5.36. The molecular weight excluding hydrogens is 294 g/mol. The first kappa shape index (κ1) is 21.9. The lowest BCUT2D eigenvalue weighted by Crippen LogP contribution is -2.33. The van der Waals surface area contributed by atoms with Crippen molar-refractivity contribution in [3.8, 4) is 0 Å². The molecule has 5 nitrogen and oxygen atoms in total. The lowest BCUT2D eigenvalue weighted by molar-refractivity contribution is -0.159. The zero-order chi connectivity index (χ0) is 17.5. The van der Waals surface area contributed by atoms with Gasteiger partial charge in [-0.1, -0.05) is 58.3 Å². The van der Waals surface area contributed by atoms with E-state index in [0.717, 1.165) is 19.3 Å². The summed E-state index contributed by atoms with van der Waals surface area (Å²) in [7, 11) is 3.76. The third-order valence-electron chi connectivity index (χ3n) is 3.94. The molecule has 5 heteroatoms. The number of carbonyl (C=O) groups excluding carboxylic acids is 1. The number of ether oxygens (including phenoxy) is 1. The van der Waals surface area contributed by atoms with Crippen LogP contribution in [-0.4, -0.2) is 42.3 Å². The molecule has 0 saturated carbocycles. The first-order chi connectivity index (χ1) is 11.0. The normalized spacial score (nSPS) is 12.3. The summed E-state index contributed by atoms with van der Waals surface area (Å²) in [5, 5.41) is 8.58. The van der Waals surface area contributed by atoms with E-state index in [1.807, 2.05) is 19.0 Å². The molecule has 136 valence electrons. The van der Waals surface area contributed by atoms with Gasteiger partial charge in [-0.2, -0.15) is 0 Å². The van der Waals surface area contributed by atoms with Crippen molar-refractivity contribution in [2.24, 2.45) is 0 Å². The number of nitrogens with zero attached hydrogens (tertiary/aromatic N) is 1. The fourth-order valence-electron chi connectivity index (χ4n) is 2.47. The van der Waals surface area contributed by atoms with Crippen LogP contribution in [0.4, 0.5) is 0 Å². The van der Waals surface area contributed by atoms with Crippen LogP contribution in [0.25, 0.3) is 0 Å². The van der Waals surface area contributed by atoms with Gasteiger partial charge in [0.05, 0.1) is 12.8 Å². The smallest absolute Gasteiger partial charge is 0.307 e. The Morgan fingerprint density at radius 3 is 1.91 bits per heavy atom. The lowest BCUT2D eigenvalue weighted by Gasteiger charge is -2.24. The molecule has 1 N–H and O–H groups in total. The van der Waals surface area contributed by atoms with Gasteiger partial charge >= 0.3 is 11.9 Å². The average molecular weight is 329 g/mol. The van der Waals surface area contributed by atoms with Gasteiger partial charge in [0.1, 0.15) is 0 Å². The van der Waals surface area contributed by atoms with Crippen LogP contribution < -0.4 is 0 Å². The maximum absolute atomic E-state index is 11.6. The van der Waals surface area contributed by atoms with Crippen molar-refractivity contribution >= 4 is 11.9 Å². The summed E-state index contributed by atoms with van der Waals surface area (Å²) in [6.45, 7) is 2.23. The number of carboxylic acids is 1. The number of aliphatic carboxylic acids is 1. The Hall–Kier alpha value is -1.10. The predicted molar refractivity (Wildman–Crippen MR) is 92.3 cm³/mol. The number of carboxylic acid groups (broad SMARTS) is 1. The highest BCUT2D eigenvalue weighted by atomic mass is 16.6. The average Bonchev–Trinajstić information content (AvgIpc) is 2.49. The van der Waals surface area contributed by atoms with Gasteiger partial charge < -0.3 is 9.84 Å². The summed E-state index contributed by atoms with van der Waals surface area (Å²) in [6, 6.07) is 0. The standard InChI is InChI=1S/C18H35NO4/c1-4-5-6-7-8-9-10-11-12-13-16(19(2)3)23-18(22)15-14-17(20)21/h16H,4-15H2,1-3H3,(H,20,21). The van der Waals surface area contributed by atoms with E-state index < -0.39 is 11.9 Å². The minimum atomic E-state index is -0.970. The third kappa shape index (κ3) is 14.2. The molecule has 1 unspecified atom stereocenters. The molecule has 0 radical (unpaired) electrons. The topological polar surface area (TPSA) is 66.8 Å². The summed E-state index contributed by atoms with van der Waals surface area (Å²) in [4.78, 5) is 23.9. The van der Waals surface area contributed by atoms with Crippen LogP contribution in [0.2, 0.25) is 0 Å². The summed E-state index contributed by atoms with van der Waals surface area (Å²) in [5.74, 6) is -1.40. The van der Waals surface area contributed by atoms with Gasteiger partial charge in [0.25, 0.3) is 0 Å². The molecular formula is C18H35NO4. The van der Waals surface area contributed by atoms with E-state index in [4.69, 9.17) is 9.84 Å². The molecule has 1 atom stereocenters. The van der Waals surface area contributed by atoms with E-state index in [1.165, 1.54) is 44.9 Å². The summed E-state index contributed by atoms with van der Waals surface area (Å²) in [5.41, 5.74) is 0. The fourth-order valence-corrected chi connectivity index (χ4v) is 2.47. The highest BCUT2D eigenvalue weighted by Crippen LogP contribution is 2.14. The van der Waals surface area contributed by atoms with Crippen LogP contribution >= 0.6 is 0 Å². The van der Waals surface area contributed by atoms with E-state index in [2.05, 4.69) is 6.92 Å². The van der Waals surface area contributed by atoms with Gasteiger partial charge in [-0.3, -0.25) is 14.5 Å². The molecule has 0 amide bonds. The second kappa shape index (κ2) is 14.5. The van der Waals surface area contributed by atoms with Gasteiger partial charge in [-0.15, -0.1) is 0 Å². The molecule has 0 fully saturated rings. The largest absolute Gasteiger partial charge is 0.481 e. The highest BCUT2D eigenvalue weighted by molar-refractivity contribution is 5.76. The second-order valence-corrected chi connectivity index (χ2v) is 6.42. The number of carbonyl (C=O) groups is 2. The maximum Gasteiger partial charge on any atom is 0.307 e. The zero-order valence-electron chi connectivity index (χ0n) is 15.2. The Morgan fingerprint density at radius 2 is 1.43 bits per heavy atom. The molecule has 0 aromatic heterocycles. The minimum Gasteiger partial charge on any atom is -0.481 e. The van der Waals surface area contributed by atoms with E-state index in [1.54, 1.807) is 0 Å². The van der Waals surface area contributed by atoms with Crippen molar-refractivity contribution in [1.82, 2.24) is 4.90 Å². The minimum absolute atomic E-state index is 0.0581. The Balaban J connectivity index is 3.72. The Kier molecular flexibility index (Phi) is 13.8. The van der Waals surface area contributed by atoms with Gasteiger partial charge in [0.2, 0.25) is 0 Å². The van der Waals surface area contributed by atoms with Crippen LogP contribution in [-0.2, 0) is 14.3 Å². The first-order valence-electron chi connectivity index (χ1n) is 9.05. The number of rotatable bonds is 15. The van der Waals surface area contributed by atoms with Gasteiger partial charge in [-0.05, 0) is 26.9 Å². The van der Waals surface area contributed by atoms with E-state index >= 15 is 0 Å². The molecule has 0 aromatic rings. The van der Waals surface area contributed by atoms with Gasteiger partial charge in [0, 0.05) is 0 Å². The van der Waals surface area contributed by atoms with Crippen molar-refractivity contribution in [2.75, 3.05) is 14.1 Å². The third-order valence-corrected chi connectivity index (χ3v) is 3.94. The van der Waals surface area contributed by atoms with Crippen LogP contribution in [0, 0.1) is 0 Å². The Morgan fingerprint density at radius 1 is 0.913 bits per heavy atom. The number of hydrogen-bond donors (Lipinski definition) is 1. The molecule has 0 spiro atoms. The van der Waals surface area contributed by atoms with Crippen molar-refractivity contribution in [3.05, 3.63) is 0 Å². The number of hydrogen-bond acceptors (Lipinski definition) is 4.